The van der Waals surface area contributed by atoms with E-state index >= 15 is 0 Å². The number of hydrogen-bond acceptors (Lipinski definition) is 4. The largest absolute Gasteiger partial charge is 0.478 e. The predicted octanol–water partition coefficient (Wildman–Crippen LogP) is 3.36. The van der Waals surface area contributed by atoms with Crippen LogP contribution >= 0.6 is 0 Å². The lowest BCUT2D eigenvalue weighted by Gasteiger charge is -2.16. The fourth-order valence-corrected chi connectivity index (χ4v) is 3.01. The minimum Gasteiger partial charge on any atom is -0.478 e. The Hall–Kier alpha value is -3.35. The molecule has 3 aromatic rings. The van der Waals surface area contributed by atoms with Gasteiger partial charge in [0.15, 0.2) is 5.58 Å². The molecule has 0 saturated heterocycles. The van der Waals surface area contributed by atoms with Crippen LogP contribution in [0.4, 0.5) is 5.69 Å². The summed E-state index contributed by atoms with van der Waals surface area (Å²) in [5.41, 5.74) is 3.20. The second-order valence-electron chi connectivity index (χ2n) is 6.68. The zero-order valence-corrected chi connectivity index (χ0v) is 15.3. The van der Waals surface area contributed by atoms with E-state index in [0.717, 1.165) is 16.8 Å². The Balaban J connectivity index is 1.90. The van der Waals surface area contributed by atoms with Gasteiger partial charge in [-0.15, -0.1) is 0 Å². The maximum absolute atomic E-state index is 12.6. The molecule has 1 aromatic heterocycles. The van der Waals surface area contributed by atoms with Gasteiger partial charge >= 0.3 is 11.7 Å². The molecule has 2 aromatic carbocycles. The van der Waals surface area contributed by atoms with Gasteiger partial charge in [-0.05, 0) is 42.2 Å². The Morgan fingerprint density at radius 2 is 1.96 bits per heavy atom. The fraction of sp³-hybridized carbons (Fsp3) is 0.250. The van der Waals surface area contributed by atoms with Crippen molar-refractivity contribution in [1.29, 1.82) is 0 Å². The molecule has 0 bridgehead atoms. The molecule has 7 heteroatoms. The number of nitrogens with zero attached hydrogens (tertiary/aromatic N) is 1. The van der Waals surface area contributed by atoms with Gasteiger partial charge in [0.2, 0.25) is 5.91 Å². The second kappa shape index (κ2) is 7.11. The number of benzene rings is 2. The molecule has 0 atom stereocenters. The molecule has 2 N–H and O–H groups in total. The number of aryl methyl sites for hydroxylation is 1. The molecule has 7 nitrogen and oxygen atoms in total. The average Bonchev–Trinajstić information content (AvgIpc) is 2.91. The van der Waals surface area contributed by atoms with Crippen LogP contribution in [0.2, 0.25) is 0 Å². The van der Waals surface area contributed by atoms with E-state index in [4.69, 9.17) is 9.52 Å². The highest BCUT2D eigenvalue weighted by atomic mass is 16.4. The molecular formula is C20H20N2O5. The fourth-order valence-electron chi connectivity index (χ4n) is 3.01. The Labute approximate surface area is 155 Å². The van der Waals surface area contributed by atoms with Crippen molar-refractivity contribution >= 4 is 28.7 Å². The smallest absolute Gasteiger partial charge is 0.420 e. The molecule has 0 spiro atoms. The van der Waals surface area contributed by atoms with Crippen molar-refractivity contribution in [1.82, 2.24) is 4.57 Å². The first kappa shape index (κ1) is 18.4. The van der Waals surface area contributed by atoms with Gasteiger partial charge in [-0.3, -0.25) is 9.36 Å². The number of rotatable bonds is 5. The number of oxazole rings is 1. The van der Waals surface area contributed by atoms with Crippen LogP contribution in [0.5, 0.6) is 0 Å². The number of hydrogen-bond donors (Lipinski definition) is 2. The first-order valence-electron chi connectivity index (χ1n) is 8.54. The number of fused-ring (bicyclic) bond motifs is 1. The summed E-state index contributed by atoms with van der Waals surface area (Å²) in [6.07, 6.45) is 0. The number of anilines is 1. The van der Waals surface area contributed by atoms with Crippen LogP contribution in [0.15, 0.2) is 45.6 Å². The molecule has 1 amide bonds. The quantitative estimate of drug-likeness (QED) is 0.719. The van der Waals surface area contributed by atoms with E-state index in [1.807, 2.05) is 39.0 Å². The number of para-hydroxylation sites is 1. The van der Waals surface area contributed by atoms with Gasteiger partial charge < -0.3 is 14.8 Å². The number of carbonyl (C=O) groups excluding carboxylic acids is 1. The van der Waals surface area contributed by atoms with Crippen LogP contribution in [-0.4, -0.2) is 21.6 Å². The average molecular weight is 368 g/mol. The van der Waals surface area contributed by atoms with E-state index < -0.39 is 11.7 Å². The zero-order valence-electron chi connectivity index (χ0n) is 15.3. The van der Waals surface area contributed by atoms with Gasteiger partial charge in [0.1, 0.15) is 6.54 Å². The third-order valence-electron chi connectivity index (χ3n) is 4.41. The molecule has 1 heterocycles. The summed E-state index contributed by atoms with van der Waals surface area (Å²) in [6.45, 7) is 5.76. The van der Waals surface area contributed by atoms with Gasteiger partial charge in [-0.25, -0.2) is 9.59 Å². The summed E-state index contributed by atoms with van der Waals surface area (Å²) < 4.78 is 6.27. The van der Waals surface area contributed by atoms with Crippen LogP contribution in [0.3, 0.4) is 0 Å². The monoisotopic (exact) mass is 368 g/mol. The van der Waals surface area contributed by atoms with E-state index in [1.165, 1.54) is 22.8 Å². The molecule has 0 aliphatic carbocycles. The highest BCUT2D eigenvalue weighted by molar-refractivity contribution is 5.94. The minimum absolute atomic E-state index is 0.00865. The van der Waals surface area contributed by atoms with Crippen molar-refractivity contribution in [2.24, 2.45) is 0 Å². The lowest BCUT2D eigenvalue weighted by atomic mass is 9.98. The van der Waals surface area contributed by atoms with Crippen molar-refractivity contribution in [2.45, 2.75) is 33.2 Å². The molecule has 0 aliphatic heterocycles. The molecule has 0 aliphatic rings. The summed E-state index contributed by atoms with van der Waals surface area (Å²) in [4.78, 5) is 35.7. The van der Waals surface area contributed by atoms with Gasteiger partial charge in [-0.1, -0.05) is 32.0 Å². The molecule has 0 unspecified atom stereocenters. The van der Waals surface area contributed by atoms with E-state index in [2.05, 4.69) is 5.32 Å². The van der Waals surface area contributed by atoms with Crippen LogP contribution in [0, 0.1) is 6.92 Å². The molecule has 3 rings (SSSR count). The highest BCUT2D eigenvalue weighted by Gasteiger charge is 2.17. The topological polar surface area (TPSA) is 102 Å². The van der Waals surface area contributed by atoms with E-state index in [-0.39, 0.29) is 29.5 Å². The van der Waals surface area contributed by atoms with Crippen LogP contribution < -0.4 is 11.1 Å². The van der Waals surface area contributed by atoms with Gasteiger partial charge in [0, 0.05) is 5.69 Å². The number of nitrogens with one attached hydrogen (secondary N) is 1. The predicted molar refractivity (Wildman–Crippen MR) is 101 cm³/mol. The van der Waals surface area contributed by atoms with E-state index in [0.29, 0.717) is 5.52 Å². The van der Waals surface area contributed by atoms with Crippen LogP contribution in [0.1, 0.15) is 41.3 Å². The number of carboxylic acids is 1. The van der Waals surface area contributed by atoms with Crippen LogP contribution in [-0.2, 0) is 11.3 Å². The molecule has 0 radical (unpaired) electrons. The van der Waals surface area contributed by atoms with Crippen molar-refractivity contribution in [3.8, 4) is 0 Å². The maximum Gasteiger partial charge on any atom is 0.420 e. The number of aromatic carboxylic acids is 1. The lowest BCUT2D eigenvalue weighted by Crippen LogP contribution is -2.25. The van der Waals surface area contributed by atoms with Gasteiger partial charge in [0.05, 0.1) is 11.1 Å². The summed E-state index contributed by atoms with van der Waals surface area (Å²) in [6, 6.07) is 9.91. The normalized spacial score (nSPS) is 11.1. The first-order valence-corrected chi connectivity index (χ1v) is 8.54. The van der Waals surface area contributed by atoms with Crippen molar-refractivity contribution in [3.63, 3.8) is 0 Å². The Bertz CT molecular complexity index is 1090. The van der Waals surface area contributed by atoms with Gasteiger partial charge in [0.25, 0.3) is 0 Å². The van der Waals surface area contributed by atoms with E-state index in [1.54, 1.807) is 0 Å². The summed E-state index contributed by atoms with van der Waals surface area (Å²) in [5.74, 6) is -1.97. The molecule has 140 valence electrons. The number of carbonyl (C=O) groups is 2. The summed E-state index contributed by atoms with van der Waals surface area (Å²) >= 11 is 0. The zero-order chi connectivity index (χ0) is 19.7. The maximum atomic E-state index is 12.6. The third kappa shape index (κ3) is 3.62. The molecular weight excluding hydrogens is 348 g/mol. The van der Waals surface area contributed by atoms with E-state index in [9.17, 15) is 14.4 Å². The summed E-state index contributed by atoms with van der Waals surface area (Å²) in [7, 11) is 0. The minimum atomic E-state index is -1.12. The first-order chi connectivity index (χ1) is 12.8. The summed E-state index contributed by atoms with van der Waals surface area (Å²) in [5, 5.41) is 11.9. The number of carboxylic acid groups (broad SMARTS) is 1. The SMILES string of the molecule is Cc1cccc(C(C)C)c1NC(=O)Cn1c(=O)oc2cc(C(=O)O)ccc21. The Morgan fingerprint density at radius 3 is 2.63 bits per heavy atom. The van der Waals surface area contributed by atoms with Crippen molar-refractivity contribution in [3.05, 3.63) is 63.6 Å². The molecule has 0 fully saturated rings. The lowest BCUT2D eigenvalue weighted by molar-refractivity contribution is -0.116. The highest BCUT2D eigenvalue weighted by Crippen LogP contribution is 2.27. The van der Waals surface area contributed by atoms with Crippen molar-refractivity contribution < 1.29 is 19.1 Å². The van der Waals surface area contributed by atoms with Gasteiger partial charge in [-0.2, -0.15) is 0 Å². The second-order valence-corrected chi connectivity index (χ2v) is 6.68. The van der Waals surface area contributed by atoms with Crippen molar-refractivity contribution in [2.75, 3.05) is 5.32 Å². The number of aromatic nitrogens is 1. The Morgan fingerprint density at radius 1 is 1.22 bits per heavy atom. The molecule has 27 heavy (non-hydrogen) atoms. The Kier molecular flexibility index (Phi) is 4.85. The third-order valence-corrected chi connectivity index (χ3v) is 4.41. The number of amides is 1. The standard InChI is InChI=1S/C20H20N2O5/c1-11(2)14-6-4-5-12(3)18(14)21-17(23)10-22-15-8-7-13(19(24)25)9-16(15)27-20(22)26/h4-9,11H,10H2,1-3H3,(H,21,23)(H,24,25). The van der Waals surface area contributed by atoms with Crippen LogP contribution in [0.25, 0.3) is 11.1 Å². The molecule has 0 saturated carbocycles.